The predicted octanol–water partition coefficient (Wildman–Crippen LogP) is 6.23. The van der Waals surface area contributed by atoms with E-state index in [9.17, 15) is 9.59 Å². The molecule has 1 aliphatic rings. The summed E-state index contributed by atoms with van der Waals surface area (Å²) >= 11 is 1.33. The van der Waals surface area contributed by atoms with Gasteiger partial charge in [0.15, 0.2) is 16.9 Å². The number of rotatable bonds is 10. The lowest BCUT2D eigenvalue weighted by Gasteiger charge is -2.23. The fourth-order valence-electron chi connectivity index (χ4n) is 4.77. The molecule has 2 aromatic carbocycles. The summed E-state index contributed by atoms with van der Waals surface area (Å²) in [4.78, 5) is 29.1. The van der Waals surface area contributed by atoms with Crippen LogP contribution in [0.25, 0.3) is 11.0 Å². The Hall–Kier alpha value is -3.72. The Balaban J connectivity index is 1.62. The number of fused-ring (bicyclic) bond motifs is 2. The summed E-state index contributed by atoms with van der Waals surface area (Å²) in [5.41, 5.74) is 2.06. The van der Waals surface area contributed by atoms with E-state index in [1.807, 2.05) is 38.1 Å². The van der Waals surface area contributed by atoms with Crippen LogP contribution >= 0.6 is 11.3 Å². The minimum Gasteiger partial charge on any atom is -0.493 e. The lowest BCUT2D eigenvalue weighted by atomic mass is 9.98. The maximum Gasteiger partial charge on any atom is 0.297 e. The van der Waals surface area contributed by atoms with E-state index in [0.29, 0.717) is 46.2 Å². The smallest absolute Gasteiger partial charge is 0.297 e. The van der Waals surface area contributed by atoms with Crippen molar-refractivity contribution in [1.29, 1.82) is 0 Å². The predicted molar refractivity (Wildman–Crippen MR) is 148 cm³/mol. The van der Waals surface area contributed by atoms with Gasteiger partial charge in [0.2, 0.25) is 10.9 Å². The number of nitrogens with zero attached hydrogens (tertiary/aromatic N) is 3. The van der Waals surface area contributed by atoms with Crippen molar-refractivity contribution in [3.8, 4) is 11.5 Å². The van der Waals surface area contributed by atoms with E-state index in [2.05, 4.69) is 17.1 Å². The molecule has 1 unspecified atom stereocenters. The molecule has 0 radical (unpaired) electrons. The number of carbonyl (C=O) groups is 1. The normalized spacial score (nSPS) is 14.8. The van der Waals surface area contributed by atoms with Crippen molar-refractivity contribution in [1.82, 2.24) is 10.2 Å². The van der Waals surface area contributed by atoms with E-state index in [-0.39, 0.29) is 16.8 Å². The van der Waals surface area contributed by atoms with E-state index >= 15 is 0 Å². The van der Waals surface area contributed by atoms with Crippen molar-refractivity contribution < 1.29 is 18.7 Å². The van der Waals surface area contributed by atoms with Crippen molar-refractivity contribution >= 4 is 33.3 Å². The van der Waals surface area contributed by atoms with Gasteiger partial charge in [-0.1, -0.05) is 62.1 Å². The highest BCUT2D eigenvalue weighted by Crippen LogP contribution is 2.44. The Labute approximate surface area is 225 Å². The van der Waals surface area contributed by atoms with Crippen LogP contribution < -0.4 is 19.8 Å². The van der Waals surface area contributed by atoms with Crippen LogP contribution in [0, 0.1) is 6.92 Å². The second-order valence-corrected chi connectivity index (χ2v) is 10.4. The Bertz CT molecular complexity index is 1540. The van der Waals surface area contributed by atoms with Crippen molar-refractivity contribution in [3.05, 3.63) is 74.1 Å². The minimum atomic E-state index is -0.746. The van der Waals surface area contributed by atoms with Gasteiger partial charge in [-0.15, -0.1) is 10.2 Å². The second-order valence-electron chi connectivity index (χ2n) is 9.40. The summed E-state index contributed by atoms with van der Waals surface area (Å²) in [5.74, 6) is 0.763. The van der Waals surface area contributed by atoms with E-state index in [4.69, 9.17) is 13.9 Å². The number of unbranched alkanes of at least 4 members (excludes halogenated alkanes) is 3. The number of aryl methyl sites for hydroxylation is 2. The van der Waals surface area contributed by atoms with Crippen LogP contribution in [0.15, 0.2) is 45.6 Å². The largest absolute Gasteiger partial charge is 0.493 e. The molecule has 0 aliphatic carbocycles. The number of hydrogen-bond donors (Lipinski definition) is 0. The topological polar surface area (TPSA) is 94.8 Å². The molecule has 3 heterocycles. The molecule has 0 saturated carbocycles. The number of hydrogen-bond acceptors (Lipinski definition) is 8. The number of carbonyl (C=O) groups excluding carboxylic acids is 1. The van der Waals surface area contributed by atoms with E-state index in [0.717, 1.165) is 29.8 Å². The average Bonchev–Trinajstić information content (AvgIpc) is 3.51. The SMILES string of the molecule is CCCCCCOc1ccc(C2c3c(oc4ccc(C)cc4c3=O)C(=O)N2c2nnc(CC)s2)cc1OC. The van der Waals surface area contributed by atoms with Crippen LogP contribution in [0.3, 0.4) is 0 Å². The molecule has 0 fully saturated rings. The summed E-state index contributed by atoms with van der Waals surface area (Å²) in [6.07, 6.45) is 5.09. The number of anilines is 1. The van der Waals surface area contributed by atoms with Crippen LogP contribution in [0.4, 0.5) is 5.13 Å². The molecule has 38 heavy (non-hydrogen) atoms. The fraction of sp³-hybridized carbons (Fsp3) is 0.379. The van der Waals surface area contributed by atoms with Gasteiger partial charge in [0.05, 0.1) is 30.7 Å². The van der Waals surface area contributed by atoms with Crippen LogP contribution in [0.1, 0.15) is 77.8 Å². The number of amides is 1. The third-order valence-corrected chi connectivity index (χ3v) is 7.82. The highest BCUT2D eigenvalue weighted by molar-refractivity contribution is 7.15. The Morgan fingerprint density at radius 3 is 2.61 bits per heavy atom. The van der Waals surface area contributed by atoms with Crippen LogP contribution in [0.5, 0.6) is 11.5 Å². The summed E-state index contributed by atoms with van der Waals surface area (Å²) in [6.45, 7) is 6.66. The Morgan fingerprint density at radius 2 is 1.87 bits per heavy atom. The van der Waals surface area contributed by atoms with Crippen molar-refractivity contribution in [3.63, 3.8) is 0 Å². The molecule has 1 atom stereocenters. The van der Waals surface area contributed by atoms with Gasteiger partial charge in [-0.2, -0.15) is 0 Å². The van der Waals surface area contributed by atoms with Gasteiger partial charge in [-0.05, 0) is 49.6 Å². The fourth-order valence-corrected chi connectivity index (χ4v) is 5.57. The Kier molecular flexibility index (Phi) is 7.46. The summed E-state index contributed by atoms with van der Waals surface area (Å²) < 4.78 is 17.7. The molecule has 1 aliphatic heterocycles. The maximum atomic E-state index is 13.9. The van der Waals surface area contributed by atoms with Gasteiger partial charge in [-0.3, -0.25) is 14.5 Å². The van der Waals surface area contributed by atoms with Gasteiger partial charge < -0.3 is 13.9 Å². The molecule has 5 rings (SSSR count). The molecule has 8 nitrogen and oxygen atoms in total. The van der Waals surface area contributed by atoms with E-state index < -0.39 is 11.9 Å². The molecule has 2 aromatic heterocycles. The van der Waals surface area contributed by atoms with Crippen molar-refractivity contribution in [2.75, 3.05) is 18.6 Å². The molecular formula is C29H31N3O5S. The first kappa shape index (κ1) is 25.9. The summed E-state index contributed by atoms with van der Waals surface area (Å²) in [7, 11) is 1.58. The molecule has 0 bridgehead atoms. The average molecular weight is 534 g/mol. The van der Waals surface area contributed by atoms with Gasteiger partial charge in [-0.25, -0.2) is 0 Å². The first-order valence-corrected chi connectivity index (χ1v) is 13.8. The first-order valence-electron chi connectivity index (χ1n) is 13.0. The first-order chi connectivity index (χ1) is 18.5. The van der Waals surface area contributed by atoms with E-state index in [1.54, 1.807) is 19.2 Å². The third-order valence-electron chi connectivity index (χ3n) is 6.75. The Morgan fingerprint density at radius 1 is 1.03 bits per heavy atom. The van der Waals surface area contributed by atoms with Gasteiger partial charge in [0.25, 0.3) is 5.91 Å². The standard InChI is InChI=1S/C29H31N3O5S/c1-5-7-8-9-14-36-21-13-11-18(16-22(21)35-4)25-24-26(33)19-15-17(3)10-12-20(19)37-27(24)28(34)32(25)29-31-30-23(6-2)38-29/h10-13,15-16,25H,5-9,14H2,1-4H3. The zero-order valence-electron chi connectivity index (χ0n) is 22.1. The van der Waals surface area contributed by atoms with Crippen LogP contribution in [-0.2, 0) is 6.42 Å². The maximum absolute atomic E-state index is 13.9. The zero-order valence-corrected chi connectivity index (χ0v) is 22.9. The molecule has 1 amide bonds. The molecule has 9 heteroatoms. The highest BCUT2D eigenvalue weighted by Gasteiger charge is 2.45. The molecule has 198 valence electrons. The molecule has 0 N–H and O–H groups in total. The van der Waals surface area contributed by atoms with Crippen molar-refractivity contribution in [2.24, 2.45) is 0 Å². The lowest BCUT2D eigenvalue weighted by molar-refractivity contribution is 0.0970. The van der Waals surface area contributed by atoms with Crippen LogP contribution in [0.2, 0.25) is 0 Å². The molecule has 0 spiro atoms. The number of benzene rings is 2. The molecule has 4 aromatic rings. The monoisotopic (exact) mass is 533 g/mol. The van der Waals surface area contributed by atoms with Gasteiger partial charge in [0.1, 0.15) is 10.6 Å². The van der Waals surface area contributed by atoms with E-state index in [1.165, 1.54) is 22.7 Å². The molecule has 0 saturated heterocycles. The van der Waals surface area contributed by atoms with Crippen LogP contribution in [-0.4, -0.2) is 29.8 Å². The lowest BCUT2D eigenvalue weighted by Crippen LogP contribution is -2.29. The zero-order chi connectivity index (χ0) is 26.8. The highest BCUT2D eigenvalue weighted by atomic mass is 32.1. The second kappa shape index (κ2) is 10.9. The minimum absolute atomic E-state index is 0.0276. The van der Waals surface area contributed by atoms with Crippen molar-refractivity contribution in [2.45, 2.75) is 58.9 Å². The summed E-state index contributed by atoms with van der Waals surface area (Å²) in [5, 5.41) is 10.2. The number of methoxy groups -OCH3 is 1. The third kappa shape index (κ3) is 4.67. The van der Waals surface area contributed by atoms with Gasteiger partial charge >= 0.3 is 0 Å². The molecular weight excluding hydrogens is 502 g/mol. The summed E-state index contributed by atoms with van der Waals surface area (Å²) in [6, 6.07) is 10.2. The number of aromatic nitrogens is 2. The number of ether oxygens (including phenoxy) is 2. The van der Waals surface area contributed by atoms with Gasteiger partial charge in [0, 0.05) is 0 Å². The quantitative estimate of drug-likeness (QED) is 0.223.